The third kappa shape index (κ3) is 3.71. The van der Waals surface area contributed by atoms with E-state index < -0.39 is 0 Å². The maximum absolute atomic E-state index is 12.1. The molecule has 2 aromatic rings. The Morgan fingerprint density at radius 3 is 2.85 bits per heavy atom. The zero-order chi connectivity index (χ0) is 14.5. The number of carbonyl (C=O) groups is 1. The first kappa shape index (κ1) is 14.8. The van der Waals surface area contributed by atoms with Crippen LogP contribution in [-0.4, -0.2) is 17.4 Å². The predicted octanol–water partition coefficient (Wildman–Crippen LogP) is 4.18. The Morgan fingerprint density at radius 2 is 2.20 bits per heavy atom. The van der Waals surface area contributed by atoms with Crippen molar-refractivity contribution in [3.05, 3.63) is 51.6 Å². The molecule has 20 heavy (non-hydrogen) atoms. The fraction of sp³-hybridized carbons (Fsp3) is 0.143. The van der Waals surface area contributed by atoms with E-state index in [-0.39, 0.29) is 5.91 Å². The second-order valence-electron chi connectivity index (χ2n) is 4.05. The van der Waals surface area contributed by atoms with E-state index in [0.29, 0.717) is 22.1 Å². The largest absolute Gasteiger partial charge is 0.369 e. The number of halogens is 2. The molecule has 4 nitrogen and oxygen atoms in total. The van der Waals surface area contributed by atoms with Gasteiger partial charge < -0.3 is 10.6 Å². The summed E-state index contributed by atoms with van der Waals surface area (Å²) in [6, 6.07) is 8.96. The van der Waals surface area contributed by atoms with Gasteiger partial charge in [0.05, 0.1) is 10.6 Å². The number of hydrogen-bond acceptors (Lipinski definition) is 3. The highest BCUT2D eigenvalue weighted by Gasteiger charge is 2.10. The Labute approximate surface area is 130 Å². The van der Waals surface area contributed by atoms with Gasteiger partial charge in [-0.1, -0.05) is 33.6 Å². The lowest BCUT2D eigenvalue weighted by atomic mass is 10.2. The molecule has 0 saturated heterocycles. The average Bonchev–Trinajstić information content (AvgIpc) is 2.41. The van der Waals surface area contributed by atoms with Gasteiger partial charge in [0, 0.05) is 22.9 Å². The predicted molar refractivity (Wildman–Crippen MR) is 85.5 cm³/mol. The molecule has 2 N–H and O–H groups in total. The molecule has 0 aliphatic rings. The van der Waals surface area contributed by atoms with Gasteiger partial charge in [-0.05, 0) is 31.2 Å². The van der Waals surface area contributed by atoms with Gasteiger partial charge in [-0.2, -0.15) is 0 Å². The highest BCUT2D eigenvalue weighted by Crippen LogP contribution is 2.21. The van der Waals surface area contributed by atoms with Gasteiger partial charge in [-0.15, -0.1) is 0 Å². The van der Waals surface area contributed by atoms with Crippen molar-refractivity contribution in [3.8, 4) is 0 Å². The first-order chi connectivity index (χ1) is 9.60. The van der Waals surface area contributed by atoms with Crippen molar-refractivity contribution >= 4 is 44.9 Å². The summed E-state index contributed by atoms with van der Waals surface area (Å²) < 4.78 is 0.897. The number of hydrogen-bond donors (Lipinski definition) is 2. The number of benzene rings is 1. The molecule has 0 aliphatic carbocycles. The van der Waals surface area contributed by atoms with Crippen LogP contribution in [0.1, 0.15) is 17.3 Å². The summed E-state index contributed by atoms with van der Waals surface area (Å²) in [5.41, 5.74) is 1.12. The van der Waals surface area contributed by atoms with E-state index in [1.165, 1.54) is 6.20 Å². The van der Waals surface area contributed by atoms with Crippen molar-refractivity contribution in [1.82, 2.24) is 4.98 Å². The number of nitrogens with one attached hydrogen (secondary N) is 2. The van der Waals surface area contributed by atoms with Crippen LogP contribution in [0.25, 0.3) is 0 Å². The molecule has 1 heterocycles. The SMILES string of the molecule is CCNc1ncc(C(=O)Nc2cccc(Br)c2)cc1Cl. The molecule has 104 valence electrons. The second-order valence-corrected chi connectivity index (χ2v) is 5.37. The lowest BCUT2D eigenvalue weighted by molar-refractivity contribution is 0.102. The Balaban J connectivity index is 2.15. The maximum Gasteiger partial charge on any atom is 0.257 e. The Bertz CT molecular complexity index is 634. The highest BCUT2D eigenvalue weighted by molar-refractivity contribution is 9.10. The lowest BCUT2D eigenvalue weighted by Gasteiger charge is -2.08. The molecule has 2 rings (SSSR count). The van der Waals surface area contributed by atoms with Crippen molar-refractivity contribution < 1.29 is 4.79 Å². The molecule has 0 bridgehead atoms. The fourth-order valence-electron chi connectivity index (χ4n) is 1.63. The van der Waals surface area contributed by atoms with Crippen LogP contribution in [0.5, 0.6) is 0 Å². The zero-order valence-corrected chi connectivity index (χ0v) is 13.1. The van der Waals surface area contributed by atoms with Crippen molar-refractivity contribution in [3.63, 3.8) is 0 Å². The van der Waals surface area contributed by atoms with Gasteiger partial charge in [0.15, 0.2) is 0 Å². The number of aromatic nitrogens is 1. The Kier molecular flexibility index (Phi) is 4.98. The van der Waals surface area contributed by atoms with Crippen LogP contribution in [0.15, 0.2) is 41.0 Å². The Hall–Kier alpha value is -1.59. The topological polar surface area (TPSA) is 54.0 Å². The summed E-state index contributed by atoms with van der Waals surface area (Å²) in [5, 5.41) is 6.23. The summed E-state index contributed by atoms with van der Waals surface area (Å²) in [4.78, 5) is 16.2. The third-order valence-corrected chi connectivity index (χ3v) is 3.31. The van der Waals surface area contributed by atoms with Crippen LogP contribution in [0.2, 0.25) is 5.02 Å². The summed E-state index contributed by atoms with van der Waals surface area (Å²) in [6.07, 6.45) is 1.50. The number of pyridine rings is 1. The van der Waals surface area contributed by atoms with E-state index in [1.807, 2.05) is 31.2 Å². The van der Waals surface area contributed by atoms with E-state index in [0.717, 1.165) is 11.0 Å². The van der Waals surface area contributed by atoms with Crippen LogP contribution in [-0.2, 0) is 0 Å². The molecule has 0 fully saturated rings. The number of anilines is 2. The average molecular weight is 355 g/mol. The van der Waals surface area contributed by atoms with Gasteiger partial charge in [0.2, 0.25) is 0 Å². The Morgan fingerprint density at radius 1 is 1.40 bits per heavy atom. The zero-order valence-electron chi connectivity index (χ0n) is 10.8. The quantitative estimate of drug-likeness (QED) is 0.866. The molecular formula is C14H13BrClN3O. The first-order valence-electron chi connectivity index (χ1n) is 6.06. The number of amides is 1. The monoisotopic (exact) mass is 353 g/mol. The van der Waals surface area contributed by atoms with Gasteiger partial charge in [0.1, 0.15) is 5.82 Å². The van der Waals surface area contributed by atoms with Crippen LogP contribution >= 0.6 is 27.5 Å². The van der Waals surface area contributed by atoms with Crippen molar-refractivity contribution in [2.75, 3.05) is 17.2 Å². The third-order valence-electron chi connectivity index (χ3n) is 2.53. The van der Waals surface area contributed by atoms with Crippen LogP contribution in [0.3, 0.4) is 0 Å². The minimum Gasteiger partial charge on any atom is -0.369 e. The summed E-state index contributed by atoms with van der Waals surface area (Å²) in [6.45, 7) is 2.67. The van der Waals surface area contributed by atoms with E-state index in [9.17, 15) is 4.79 Å². The summed E-state index contributed by atoms with van der Waals surface area (Å²) in [7, 11) is 0. The first-order valence-corrected chi connectivity index (χ1v) is 7.23. The van der Waals surface area contributed by atoms with Gasteiger partial charge in [0.25, 0.3) is 5.91 Å². The maximum atomic E-state index is 12.1. The van der Waals surface area contributed by atoms with E-state index in [2.05, 4.69) is 31.5 Å². The molecule has 1 aromatic carbocycles. The number of rotatable bonds is 4. The van der Waals surface area contributed by atoms with Gasteiger partial charge in [-0.3, -0.25) is 4.79 Å². The van der Waals surface area contributed by atoms with Crippen LogP contribution in [0, 0.1) is 0 Å². The van der Waals surface area contributed by atoms with E-state index >= 15 is 0 Å². The van der Waals surface area contributed by atoms with E-state index in [1.54, 1.807) is 6.07 Å². The highest BCUT2D eigenvalue weighted by atomic mass is 79.9. The van der Waals surface area contributed by atoms with Crippen LogP contribution in [0.4, 0.5) is 11.5 Å². The molecule has 0 radical (unpaired) electrons. The molecule has 0 aliphatic heterocycles. The standard InChI is InChI=1S/C14H13BrClN3O/c1-2-17-13-12(16)6-9(8-18-13)14(20)19-11-5-3-4-10(15)7-11/h3-8H,2H2,1H3,(H,17,18)(H,19,20). The molecular weight excluding hydrogens is 342 g/mol. The molecule has 0 spiro atoms. The molecule has 0 saturated carbocycles. The molecule has 6 heteroatoms. The molecule has 1 amide bonds. The molecule has 1 aromatic heterocycles. The number of carbonyl (C=O) groups excluding carboxylic acids is 1. The summed E-state index contributed by atoms with van der Waals surface area (Å²) >= 11 is 9.42. The number of nitrogens with zero attached hydrogens (tertiary/aromatic N) is 1. The minimum absolute atomic E-state index is 0.249. The minimum atomic E-state index is -0.249. The van der Waals surface area contributed by atoms with Crippen molar-refractivity contribution in [2.45, 2.75) is 6.92 Å². The van der Waals surface area contributed by atoms with Crippen LogP contribution < -0.4 is 10.6 Å². The summed E-state index contributed by atoms with van der Waals surface area (Å²) in [5.74, 6) is 0.328. The molecule has 0 atom stereocenters. The lowest BCUT2D eigenvalue weighted by Crippen LogP contribution is -2.13. The molecule has 0 unspecified atom stereocenters. The van der Waals surface area contributed by atoms with Gasteiger partial charge >= 0.3 is 0 Å². The van der Waals surface area contributed by atoms with Gasteiger partial charge in [-0.25, -0.2) is 4.98 Å². The normalized spacial score (nSPS) is 10.2. The van der Waals surface area contributed by atoms with Crippen molar-refractivity contribution in [2.24, 2.45) is 0 Å². The van der Waals surface area contributed by atoms with E-state index in [4.69, 9.17) is 11.6 Å². The fourth-order valence-corrected chi connectivity index (χ4v) is 2.26. The second kappa shape index (κ2) is 6.72. The van der Waals surface area contributed by atoms with Crippen molar-refractivity contribution in [1.29, 1.82) is 0 Å². The smallest absolute Gasteiger partial charge is 0.257 e.